The topological polar surface area (TPSA) is 62.5 Å². The molecule has 1 rings (SSSR count). The minimum absolute atomic E-state index is 0.0171. The molecule has 2 N–H and O–H groups in total. The van der Waals surface area contributed by atoms with Crippen LogP contribution in [0.2, 0.25) is 0 Å². The summed E-state index contributed by atoms with van der Waals surface area (Å²) in [6, 6.07) is 3.36. The number of nitrogens with one attached hydrogen (secondary N) is 1. The van der Waals surface area contributed by atoms with E-state index in [0.29, 0.717) is 25.3 Å². The number of Topliss-reactive ketones (excluding diaryl/α,β-unsaturated/α-hetero) is 1. The van der Waals surface area contributed by atoms with Gasteiger partial charge in [0.15, 0.2) is 11.5 Å². The van der Waals surface area contributed by atoms with Crippen LogP contribution in [0.3, 0.4) is 0 Å². The van der Waals surface area contributed by atoms with E-state index in [4.69, 9.17) is 4.42 Å². The second-order valence-electron chi connectivity index (χ2n) is 4.17. The summed E-state index contributed by atoms with van der Waals surface area (Å²) in [4.78, 5) is 11.5. The van der Waals surface area contributed by atoms with Gasteiger partial charge in [0.25, 0.3) is 0 Å². The van der Waals surface area contributed by atoms with Crippen molar-refractivity contribution in [2.45, 2.75) is 26.4 Å². The van der Waals surface area contributed by atoms with Gasteiger partial charge in [0.05, 0.1) is 12.4 Å². The average Bonchev–Trinajstić information content (AvgIpc) is 2.76. The molecule has 0 amide bonds. The summed E-state index contributed by atoms with van der Waals surface area (Å²) in [6.45, 7) is 4.99. The molecule has 1 aromatic rings. The number of carbonyl (C=O) groups excluding carboxylic acids is 1. The molecule has 0 bridgehead atoms. The summed E-state index contributed by atoms with van der Waals surface area (Å²) in [5.74, 6) is 0.607. The molecule has 16 heavy (non-hydrogen) atoms. The van der Waals surface area contributed by atoms with Crippen molar-refractivity contribution in [2.24, 2.45) is 5.92 Å². The van der Waals surface area contributed by atoms with E-state index >= 15 is 0 Å². The number of ketones is 1. The van der Waals surface area contributed by atoms with Gasteiger partial charge < -0.3 is 14.8 Å². The van der Waals surface area contributed by atoms with Crippen LogP contribution < -0.4 is 5.32 Å². The smallest absolute Gasteiger partial charge is 0.199 e. The molecule has 1 unspecified atom stereocenters. The summed E-state index contributed by atoms with van der Waals surface area (Å²) < 4.78 is 4.98. The lowest BCUT2D eigenvalue weighted by molar-refractivity contribution is 0.0947. The van der Waals surface area contributed by atoms with E-state index in [2.05, 4.69) is 5.32 Å². The molecule has 0 spiro atoms. The molecule has 1 aromatic heterocycles. The quantitative estimate of drug-likeness (QED) is 0.544. The molecule has 0 aliphatic carbocycles. The minimum atomic E-state index is -0.362. The fourth-order valence-electron chi connectivity index (χ4n) is 1.25. The lowest BCUT2D eigenvalue weighted by Crippen LogP contribution is -2.31. The molecular formula is C12H19NO3. The maximum Gasteiger partial charge on any atom is 0.199 e. The van der Waals surface area contributed by atoms with Crippen LogP contribution >= 0.6 is 0 Å². The molecule has 0 aromatic carbocycles. The van der Waals surface area contributed by atoms with Crippen molar-refractivity contribution in [3.05, 3.63) is 24.2 Å². The van der Waals surface area contributed by atoms with Crippen LogP contribution in [0, 0.1) is 5.92 Å². The molecule has 0 saturated carbocycles. The summed E-state index contributed by atoms with van der Waals surface area (Å²) in [6.07, 6.45) is 1.51. The Morgan fingerprint density at radius 2 is 2.31 bits per heavy atom. The van der Waals surface area contributed by atoms with Gasteiger partial charge in [-0.1, -0.05) is 13.8 Å². The van der Waals surface area contributed by atoms with Gasteiger partial charge in [0.2, 0.25) is 0 Å². The van der Waals surface area contributed by atoms with E-state index in [1.165, 1.54) is 6.26 Å². The Morgan fingerprint density at radius 1 is 1.56 bits per heavy atom. The molecular weight excluding hydrogens is 206 g/mol. The standard InChI is InChI=1S/C12H19NO3/c1-9(2)11(15)8-13-6-5-10(14)12-4-3-7-16-12/h3-4,7,9,11,13,15H,5-6,8H2,1-2H3. The van der Waals surface area contributed by atoms with Crippen LogP contribution in [-0.2, 0) is 0 Å². The van der Waals surface area contributed by atoms with Crippen LogP contribution in [0.1, 0.15) is 30.8 Å². The highest BCUT2D eigenvalue weighted by Gasteiger charge is 2.10. The Morgan fingerprint density at radius 3 is 2.88 bits per heavy atom. The number of aliphatic hydroxyl groups excluding tert-OH is 1. The molecule has 1 heterocycles. The molecule has 4 heteroatoms. The zero-order valence-corrected chi connectivity index (χ0v) is 9.77. The lowest BCUT2D eigenvalue weighted by atomic mass is 10.1. The van der Waals surface area contributed by atoms with E-state index in [1.807, 2.05) is 13.8 Å². The fourth-order valence-corrected chi connectivity index (χ4v) is 1.25. The summed E-state index contributed by atoms with van der Waals surface area (Å²) in [5.41, 5.74) is 0. The van der Waals surface area contributed by atoms with E-state index < -0.39 is 0 Å². The summed E-state index contributed by atoms with van der Waals surface area (Å²) in [7, 11) is 0. The second kappa shape index (κ2) is 6.45. The Hall–Kier alpha value is -1.13. The van der Waals surface area contributed by atoms with Crippen LogP contribution in [0.15, 0.2) is 22.8 Å². The van der Waals surface area contributed by atoms with Crippen LogP contribution in [0.25, 0.3) is 0 Å². The SMILES string of the molecule is CC(C)C(O)CNCCC(=O)c1ccco1. The zero-order valence-electron chi connectivity index (χ0n) is 9.77. The number of hydrogen-bond acceptors (Lipinski definition) is 4. The van der Waals surface area contributed by atoms with Crippen molar-refractivity contribution in [1.29, 1.82) is 0 Å². The van der Waals surface area contributed by atoms with Crippen molar-refractivity contribution in [2.75, 3.05) is 13.1 Å². The van der Waals surface area contributed by atoms with Crippen molar-refractivity contribution in [3.8, 4) is 0 Å². The normalized spacial score (nSPS) is 13.0. The monoisotopic (exact) mass is 225 g/mol. The van der Waals surface area contributed by atoms with Gasteiger partial charge in [-0.15, -0.1) is 0 Å². The van der Waals surface area contributed by atoms with Crippen molar-refractivity contribution < 1.29 is 14.3 Å². The van der Waals surface area contributed by atoms with Crippen molar-refractivity contribution in [3.63, 3.8) is 0 Å². The maximum absolute atomic E-state index is 11.5. The zero-order chi connectivity index (χ0) is 12.0. The Kier molecular flexibility index (Phi) is 5.22. The first kappa shape index (κ1) is 12.9. The summed E-state index contributed by atoms with van der Waals surface area (Å²) >= 11 is 0. The molecule has 0 aliphatic heterocycles. The third-order valence-electron chi connectivity index (χ3n) is 2.45. The molecule has 90 valence electrons. The summed E-state index contributed by atoms with van der Waals surface area (Å²) in [5, 5.41) is 12.6. The van der Waals surface area contributed by atoms with Crippen LogP contribution in [-0.4, -0.2) is 30.1 Å². The van der Waals surface area contributed by atoms with Crippen LogP contribution in [0.4, 0.5) is 0 Å². The second-order valence-corrected chi connectivity index (χ2v) is 4.17. The largest absolute Gasteiger partial charge is 0.461 e. The fraction of sp³-hybridized carbons (Fsp3) is 0.583. The number of furan rings is 1. The highest BCUT2D eigenvalue weighted by molar-refractivity contribution is 5.93. The van der Waals surface area contributed by atoms with Gasteiger partial charge in [0, 0.05) is 19.5 Å². The van der Waals surface area contributed by atoms with Gasteiger partial charge in [-0.3, -0.25) is 4.79 Å². The highest BCUT2D eigenvalue weighted by Crippen LogP contribution is 2.03. The van der Waals surface area contributed by atoms with Gasteiger partial charge in [0.1, 0.15) is 0 Å². The molecule has 4 nitrogen and oxygen atoms in total. The third-order valence-corrected chi connectivity index (χ3v) is 2.45. The number of carbonyl (C=O) groups is 1. The number of rotatable bonds is 7. The minimum Gasteiger partial charge on any atom is -0.461 e. The van der Waals surface area contributed by atoms with E-state index in [9.17, 15) is 9.90 Å². The number of aliphatic hydroxyl groups is 1. The first-order valence-electron chi connectivity index (χ1n) is 5.56. The predicted molar refractivity (Wildman–Crippen MR) is 61.4 cm³/mol. The predicted octanol–water partition coefficient (Wildman–Crippen LogP) is 1.46. The van der Waals surface area contributed by atoms with Crippen LogP contribution in [0.5, 0.6) is 0 Å². The lowest BCUT2D eigenvalue weighted by Gasteiger charge is -2.14. The van der Waals surface area contributed by atoms with Crippen molar-refractivity contribution in [1.82, 2.24) is 5.32 Å². The molecule has 0 saturated heterocycles. The first-order chi connectivity index (χ1) is 7.61. The Balaban J connectivity index is 2.14. The highest BCUT2D eigenvalue weighted by atomic mass is 16.3. The van der Waals surface area contributed by atoms with E-state index in [0.717, 1.165) is 0 Å². The molecule has 1 atom stereocenters. The first-order valence-corrected chi connectivity index (χ1v) is 5.56. The van der Waals surface area contributed by atoms with Gasteiger partial charge >= 0.3 is 0 Å². The molecule has 0 fully saturated rings. The number of hydrogen-bond donors (Lipinski definition) is 2. The molecule has 0 radical (unpaired) electrons. The van der Waals surface area contributed by atoms with Gasteiger partial charge in [-0.25, -0.2) is 0 Å². The van der Waals surface area contributed by atoms with E-state index in [1.54, 1.807) is 12.1 Å². The Bertz CT molecular complexity index is 306. The average molecular weight is 225 g/mol. The third kappa shape index (κ3) is 4.16. The van der Waals surface area contributed by atoms with E-state index in [-0.39, 0.29) is 17.8 Å². The maximum atomic E-state index is 11.5. The van der Waals surface area contributed by atoms with Crippen molar-refractivity contribution >= 4 is 5.78 Å². The van der Waals surface area contributed by atoms with Gasteiger partial charge in [-0.05, 0) is 18.1 Å². The Labute approximate surface area is 95.7 Å². The molecule has 0 aliphatic rings. The van der Waals surface area contributed by atoms with Gasteiger partial charge in [-0.2, -0.15) is 0 Å².